The lowest BCUT2D eigenvalue weighted by molar-refractivity contribution is 0.647. The first-order valence-electron chi connectivity index (χ1n) is 5.10. The minimum absolute atomic E-state index is 0.690. The van der Waals surface area contributed by atoms with Gasteiger partial charge in [-0.2, -0.15) is 5.10 Å². The summed E-state index contributed by atoms with van der Waals surface area (Å²) in [5, 5.41) is 4.30. The number of rotatable bonds is 2. The van der Waals surface area contributed by atoms with Crippen molar-refractivity contribution in [2.45, 2.75) is 27.2 Å². The van der Waals surface area contributed by atoms with Gasteiger partial charge in [-0.3, -0.25) is 0 Å². The maximum atomic E-state index is 4.30. The smallest absolute Gasteiger partial charge is 0.0722 e. The van der Waals surface area contributed by atoms with Gasteiger partial charge in [0.1, 0.15) is 0 Å². The average molecular weight is 188 g/mol. The Balaban J connectivity index is 2.57. The molecule has 0 bridgehead atoms. The Kier molecular flexibility index (Phi) is 2.28. The van der Waals surface area contributed by atoms with Gasteiger partial charge in [0.05, 0.1) is 11.7 Å². The van der Waals surface area contributed by atoms with Crippen LogP contribution >= 0.6 is 0 Å². The number of fused-ring (bicyclic) bond motifs is 1. The number of nitrogens with zero attached hydrogens (tertiary/aromatic N) is 2. The van der Waals surface area contributed by atoms with E-state index in [1.807, 2.05) is 16.9 Å². The van der Waals surface area contributed by atoms with E-state index < -0.39 is 0 Å². The molecule has 0 atom stereocenters. The predicted molar refractivity (Wildman–Crippen MR) is 58.5 cm³/mol. The summed E-state index contributed by atoms with van der Waals surface area (Å²) < 4.78 is 1.97. The van der Waals surface area contributed by atoms with Crippen LogP contribution in [0.3, 0.4) is 0 Å². The summed E-state index contributed by atoms with van der Waals surface area (Å²) in [6.07, 6.45) is 5.06. The Morgan fingerprint density at radius 3 is 2.93 bits per heavy atom. The molecule has 0 N–H and O–H groups in total. The molecule has 0 amide bonds. The van der Waals surface area contributed by atoms with E-state index in [4.69, 9.17) is 0 Å². The molecule has 2 heterocycles. The molecule has 0 unspecified atom stereocenters. The van der Waals surface area contributed by atoms with Crippen LogP contribution in [0.1, 0.15) is 25.0 Å². The molecule has 2 heteroatoms. The van der Waals surface area contributed by atoms with E-state index in [0.717, 1.165) is 6.42 Å². The maximum Gasteiger partial charge on any atom is 0.0722 e. The molecular weight excluding hydrogens is 172 g/mol. The van der Waals surface area contributed by atoms with Gasteiger partial charge >= 0.3 is 0 Å². The summed E-state index contributed by atoms with van der Waals surface area (Å²) in [7, 11) is 0. The normalized spacial score (nSPS) is 11.4. The minimum Gasteiger partial charge on any atom is -0.240 e. The largest absolute Gasteiger partial charge is 0.240 e. The maximum absolute atomic E-state index is 4.30. The summed E-state index contributed by atoms with van der Waals surface area (Å²) in [4.78, 5) is 0. The summed E-state index contributed by atoms with van der Waals surface area (Å²) in [5.41, 5.74) is 3.94. The van der Waals surface area contributed by atoms with Crippen molar-refractivity contribution in [2.24, 2.45) is 5.92 Å². The first-order chi connectivity index (χ1) is 6.68. The van der Waals surface area contributed by atoms with Gasteiger partial charge < -0.3 is 0 Å². The zero-order chi connectivity index (χ0) is 10.1. The number of hydrogen-bond acceptors (Lipinski definition) is 1. The van der Waals surface area contributed by atoms with E-state index >= 15 is 0 Å². The Hall–Kier alpha value is -1.31. The van der Waals surface area contributed by atoms with Crippen LogP contribution in [0.5, 0.6) is 0 Å². The number of aromatic nitrogens is 2. The van der Waals surface area contributed by atoms with Crippen molar-refractivity contribution >= 4 is 5.52 Å². The Labute approximate surface area is 84.6 Å². The molecule has 0 aliphatic carbocycles. The van der Waals surface area contributed by atoms with E-state index in [9.17, 15) is 0 Å². The summed E-state index contributed by atoms with van der Waals surface area (Å²) >= 11 is 0. The number of pyridine rings is 1. The zero-order valence-corrected chi connectivity index (χ0v) is 8.99. The molecule has 14 heavy (non-hydrogen) atoms. The van der Waals surface area contributed by atoms with Crippen molar-refractivity contribution in [1.29, 1.82) is 0 Å². The predicted octanol–water partition coefficient (Wildman–Crippen LogP) is 2.84. The Morgan fingerprint density at radius 1 is 1.43 bits per heavy atom. The van der Waals surface area contributed by atoms with Crippen LogP contribution in [0.4, 0.5) is 0 Å². The Morgan fingerprint density at radius 2 is 2.21 bits per heavy atom. The highest BCUT2D eigenvalue weighted by molar-refractivity contribution is 5.59. The van der Waals surface area contributed by atoms with Crippen LogP contribution in [0.2, 0.25) is 0 Å². The summed E-state index contributed by atoms with van der Waals surface area (Å²) in [6.45, 7) is 6.61. The standard InChI is InChI=1S/C12H16N2/c1-9(2)7-11-5-4-6-14-12(11)10(3)8-13-14/h4-6,8-9H,7H2,1-3H3. The first kappa shape index (κ1) is 9.25. The van der Waals surface area contributed by atoms with E-state index in [1.54, 1.807) is 0 Å². The van der Waals surface area contributed by atoms with Crippen LogP contribution in [0, 0.1) is 12.8 Å². The fraction of sp³-hybridized carbons (Fsp3) is 0.417. The minimum atomic E-state index is 0.690. The van der Waals surface area contributed by atoms with E-state index in [-0.39, 0.29) is 0 Å². The van der Waals surface area contributed by atoms with Crippen molar-refractivity contribution in [2.75, 3.05) is 0 Å². The zero-order valence-electron chi connectivity index (χ0n) is 8.99. The quantitative estimate of drug-likeness (QED) is 0.708. The highest BCUT2D eigenvalue weighted by Crippen LogP contribution is 2.18. The van der Waals surface area contributed by atoms with Gasteiger partial charge in [-0.05, 0) is 36.5 Å². The second-order valence-electron chi connectivity index (χ2n) is 4.25. The number of aryl methyl sites for hydroxylation is 1. The molecule has 0 saturated heterocycles. The van der Waals surface area contributed by atoms with E-state index in [0.29, 0.717) is 5.92 Å². The van der Waals surface area contributed by atoms with Crippen LogP contribution in [0.25, 0.3) is 5.52 Å². The molecule has 2 rings (SSSR count). The summed E-state index contributed by atoms with van der Waals surface area (Å²) in [6, 6.07) is 4.27. The highest BCUT2D eigenvalue weighted by atomic mass is 15.2. The van der Waals surface area contributed by atoms with Gasteiger partial charge in [0.15, 0.2) is 0 Å². The van der Waals surface area contributed by atoms with Crippen molar-refractivity contribution in [3.8, 4) is 0 Å². The van der Waals surface area contributed by atoms with Crippen molar-refractivity contribution in [1.82, 2.24) is 9.61 Å². The van der Waals surface area contributed by atoms with Crippen LogP contribution < -0.4 is 0 Å². The van der Waals surface area contributed by atoms with Gasteiger partial charge in [0.25, 0.3) is 0 Å². The van der Waals surface area contributed by atoms with Gasteiger partial charge in [-0.15, -0.1) is 0 Å². The third-order valence-electron chi connectivity index (χ3n) is 2.44. The third kappa shape index (κ3) is 1.52. The summed E-state index contributed by atoms with van der Waals surface area (Å²) in [5.74, 6) is 0.690. The molecule has 2 aromatic heterocycles. The van der Waals surface area contributed by atoms with Crippen LogP contribution in [-0.4, -0.2) is 9.61 Å². The monoisotopic (exact) mass is 188 g/mol. The molecule has 0 fully saturated rings. The number of hydrogen-bond donors (Lipinski definition) is 0. The van der Waals surface area contributed by atoms with Gasteiger partial charge in [0, 0.05) is 6.20 Å². The lowest BCUT2D eigenvalue weighted by Crippen LogP contribution is -1.98. The van der Waals surface area contributed by atoms with E-state index in [2.05, 4.69) is 38.0 Å². The molecule has 0 aliphatic heterocycles. The lowest BCUT2D eigenvalue weighted by atomic mass is 10.0. The molecule has 0 aliphatic rings. The highest BCUT2D eigenvalue weighted by Gasteiger charge is 2.06. The van der Waals surface area contributed by atoms with Crippen LogP contribution in [-0.2, 0) is 6.42 Å². The lowest BCUT2D eigenvalue weighted by Gasteiger charge is -2.07. The molecular formula is C12H16N2. The molecule has 0 radical (unpaired) electrons. The fourth-order valence-corrected chi connectivity index (χ4v) is 1.89. The SMILES string of the molecule is Cc1cnn2cccc(CC(C)C)c12. The third-order valence-corrected chi connectivity index (χ3v) is 2.44. The second-order valence-corrected chi connectivity index (χ2v) is 4.25. The van der Waals surface area contributed by atoms with Crippen LogP contribution in [0.15, 0.2) is 24.5 Å². The van der Waals surface area contributed by atoms with Crippen molar-refractivity contribution in [3.05, 3.63) is 35.7 Å². The molecule has 0 saturated carbocycles. The fourth-order valence-electron chi connectivity index (χ4n) is 1.89. The molecule has 0 aromatic carbocycles. The second kappa shape index (κ2) is 3.45. The first-order valence-corrected chi connectivity index (χ1v) is 5.10. The molecule has 0 spiro atoms. The molecule has 2 aromatic rings. The molecule has 2 nitrogen and oxygen atoms in total. The van der Waals surface area contributed by atoms with Crippen molar-refractivity contribution in [3.63, 3.8) is 0 Å². The van der Waals surface area contributed by atoms with Crippen molar-refractivity contribution < 1.29 is 0 Å². The van der Waals surface area contributed by atoms with Gasteiger partial charge in [0.2, 0.25) is 0 Å². The average Bonchev–Trinajstić information content (AvgIpc) is 2.48. The topological polar surface area (TPSA) is 17.3 Å². The van der Waals surface area contributed by atoms with Gasteiger partial charge in [-0.1, -0.05) is 19.9 Å². The molecule has 74 valence electrons. The van der Waals surface area contributed by atoms with E-state index in [1.165, 1.54) is 16.6 Å². The Bertz CT molecular complexity index is 441. The van der Waals surface area contributed by atoms with Gasteiger partial charge in [-0.25, -0.2) is 4.52 Å².